The molecule has 0 aromatic rings. The van der Waals surface area contributed by atoms with Gasteiger partial charge in [-0.2, -0.15) is 6.92 Å². The number of rotatable bonds is 0. The maximum absolute atomic E-state index is 8.68. The molecule has 0 aromatic heterocycles. The molecule has 0 aromatic carbocycles. The van der Waals surface area contributed by atoms with Crippen molar-refractivity contribution < 1.29 is 27.2 Å². The van der Waals surface area contributed by atoms with Crippen molar-refractivity contribution in [2.45, 2.75) is 6.92 Å². The molecule has 0 aliphatic carbocycles. The summed E-state index contributed by atoms with van der Waals surface area (Å²) in [6.07, 6.45) is 1.50. The smallest absolute Gasteiger partial charge is 0.542 e. The molecule has 0 radical (unpaired) electrons. The van der Waals surface area contributed by atoms with E-state index < -0.39 is 0 Å². The summed E-state index contributed by atoms with van der Waals surface area (Å²) >= 11 is 0. The second kappa shape index (κ2) is 26.4. The third-order valence-electron chi connectivity index (χ3n) is 0. The van der Waals surface area contributed by atoms with Crippen molar-refractivity contribution in [2.24, 2.45) is 0 Å². The van der Waals surface area contributed by atoms with Crippen LogP contribution in [0.25, 0.3) is 0 Å². The van der Waals surface area contributed by atoms with Crippen LogP contribution >= 0.6 is 0 Å². The maximum Gasteiger partial charge on any atom is 1.00 e. The van der Waals surface area contributed by atoms with Crippen LogP contribution in [0, 0.1) is 0 Å². The van der Waals surface area contributed by atoms with Crippen molar-refractivity contribution in [1.82, 2.24) is 6.15 Å². The summed E-state index contributed by atoms with van der Waals surface area (Å²) in [5, 5.41) is 0. The van der Waals surface area contributed by atoms with E-state index in [-0.39, 0.29) is 28.5 Å². The molecule has 0 unspecified atom stereocenters. The molecule has 0 bridgehead atoms. The number of hydrogen-bond acceptors (Lipinski definition) is 2. The fraction of sp³-hybridized carbons (Fsp3) is 0.500. The molecule has 5 heavy (non-hydrogen) atoms. The van der Waals surface area contributed by atoms with Crippen molar-refractivity contribution in [3.63, 3.8) is 0 Å². The molecule has 3 N–H and O–H groups in total. The Hall–Kier alpha value is 0.370. The molecule has 3 heteroatoms. The molecular formula is C2H6AgNO. The molecule has 0 aliphatic heterocycles. The van der Waals surface area contributed by atoms with Gasteiger partial charge >= 0.3 is 22.4 Å². The van der Waals surface area contributed by atoms with E-state index >= 15 is 0 Å². The van der Waals surface area contributed by atoms with Crippen LogP contribution in [-0.4, -0.2) is 6.29 Å². The van der Waals surface area contributed by atoms with Crippen LogP contribution in [0.4, 0.5) is 0 Å². The van der Waals surface area contributed by atoms with E-state index in [4.69, 9.17) is 4.79 Å². The van der Waals surface area contributed by atoms with Gasteiger partial charge in [-0.25, -0.2) is 0 Å². The van der Waals surface area contributed by atoms with Gasteiger partial charge in [0, 0.05) is 0 Å². The normalized spacial score (nSPS) is 2.60. The zero-order valence-electron chi connectivity index (χ0n) is 2.92. The minimum atomic E-state index is 0. The quantitative estimate of drug-likeness (QED) is 0.417. The Balaban J connectivity index is -0.0000000200. The summed E-state index contributed by atoms with van der Waals surface area (Å²) in [6.45, 7) is 1.32. The summed E-state index contributed by atoms with van der Waals surface area (Å²) in [5.41, 5.74) is 0. The first-order valence-corrected chi connectivity index (χ1v) is 0.704. The van der Waals surface area contributed by atoms with Crippen molar-refractivity contribution in [3.05, 3.63) is 0 Å². The first kappa shape index (κ1) is 18.3. The molecule has 36 valence electrons. The average molecular weight is 168 g/mol. The van der Waals surface area contributed by atoms with Gasteiger partial charge in [-0.15, -0.1) is 0 Å². The van der Waals surface area contributed by atoms with Gasteiger partial charge in [-0.3, -0.25) is 6.29 Å². The van der Waals surface area contributed by atoms with E-state index in [2.05, 4.69) is 0 Å². The summed E-state index contributed by atoms with van der Waals surface area (Å²) in [6, 6.07) is 0. The Labute approximate surface area is 47.0 Å². The second-order valence-electron chi connectivity index (χ2n) is 0.204. The van der Waals surface area contributed by atoms with Gasteiger partial charge in [0.05, 0.1) is 0 Å². The van der Waals surface area contributed by atoms with Crippen LogP contribution in [0.5, 0.6) is 0 Å². The topological polar surface area (TPSA) is 52.1 Å². The molecule has 0 aliphatic rings. The first-order chi connectivity index (χ1) is 1.41. The molecule has 0 fully saturated rings. The third kappa shape index (κ3) is 179. The van der Waals surface area contributed by atoms with E-state index in [1.54, 1.807) is 0 Å². The third-order valence-corrected chi connectivity index (χ3v) is 0. The Morgan fingerprint density at radius 2 is 1.60 bits per heavy atom. The molecule has 0 heterocycles. The van der Waals surface area contributed by atoms with E-state index in [0.717, 1.165) is 0 Å². The molecular weight excluding hydrogens is 162 g/mol. The SMILES string of the molecule is C[C-]=O.N.[Ag+]. The van der Waals surface area contributed by atoms with Crippen LogP contribution in [-0.2, 0) is 27.2 Å². The number of hydrogen-bond donors (Lipinski definition) is 1. The predicted octanol–water partition coefficient (Wildman–Crippen LogP) is 0.276. The molecule has 0 amide bonds. The van der Waals surface area contributed by atoms with Crippen molar-refractivity contribution in [1.29, 1.82) is 0 Å². The molecule has 0 spiro atoms. The van der Waals surface area contributed by atoms with E-state index in [0.29, 0.717) is 0 Å². The Morgan fingerprint density at radius 3 is 1.60 bits per heavy atom. The van der Waals surface area contributed by atoms with Crippen molar-refractivity contribution in [3.8, 4) is 0 Å². The largest absolute Gasteiger partial charge is 1.00 e. The first-order valence-electron chi connectivity index (χ1n) is 0.704. The average Bonchev–Trinajstić information content (AvgIpc) is 0.918. The zero-order chi connectivity index (χ0) is 2.71. The second-order valence-corrected chi connectivity index (χ2v) is 0.204. The van der Waals surface area contributed by atoms with Gasteiger partial charge in [0.25, 0.3) is 0 Å². The van der Waals surface area contributed by atoms with Crippen LogP contribution in [0.2, 0.25) is 0 Å². The Morgan fingerprint density at radius 1 is 1.60 bits per heavy atom. The molecule has 0 atom stereocenters. The van der Waals surface area contributed by atoms with Gasteiger partial charge < -0.3 is 10.9 Å². The number of carbonyl (C=O) groups excluding carboxylic acids is 1. The fourth-order valence-electron chi connectivity index (χ4n) is 0. The van der Waals surface area contributed by atoms with E-state index in [9.17, 15) is 0 Å². The van der Waals surface area contributed by atoms with Crippen LogP contribution in [0.15, 0.2) is 0 Å². The van der Waals surface area contributed by atoms with E-state index in [1.165, 1.54) is 13.2 Å². The van der Waals surface area contributed by atoms with Gasteiger partial charge in [-0.05, 0) is 0 Å². The van der Waals surface area contributed by atoms with E-state index in [1.807, 2.05) is 0 Å². The van der Waals surface area contributed by atoms with Crippen LogP contribution < -0.4 is 6.15 Å². The van der Waals surface area contributed by atoms with Crippen molar-refractivity contribution in [2.75, 3.05) is 0 Å². The molecule has 0 rings (SSSR count). The maximum atomic E-state index is 8.68. The molecule has 0 saturated heterocycles. The Bertz CT molecular complexity index is 17.1. The summed E-state index contributed by atoms with van der Waals surface area (Å²) in [4.78, 5) is 8.68. The molecule has 2 nitrogen and oxygen atoms in total. The predicted molar refractivity (Wildman–Crippen MR) is 16.4 cm³/mol. The fourth-order valence-corrected chi connectivity index (χ4v) is 0. The van der Waals surface area contributed by atoms with Crippen LogP contribution in [0.1, 0.15) is 6.92 Å². The summed E-state index contributed by atoms with van der Waals surface area (Å²) in [7, 11) is 0. The van der Waals surface area contributed by atoms with Gasteiger partial charge in [0.15, 0.2) is 0 Å². The zero-order valence-corrected chi connectivity index (χ0v) is 4.40. The van der Waals surface area contributed by atoms with Crippen molar-refractivity contribution >= 4 is 6.29 Å². The van der Waals surface area contributed by atoms with Gasteiger partial charge in [0.1, 0.15) is 0 Å². The minimum Gasteiger partial charge on any atom is -0.542 e. The minimum absolute atomic E-state index is 0. The summed E-state index contributed by atoms with van der Waals surface area (Å²) < 4.78 is 0. The summed E-state index contributed by atoms with van der Waals surface area (Å²) in [5.74, 6) is 0. The standard InChI is InChI=1S/C2H3O.Ag.H3N/c1-2-3;;/h1H3;;1H3/q-1;+1;. The van der Waals surface area contributed by atoms with Gasteiger partial charge in [-0.1, -0.05) is 0 Å². The monoisotopic (exact) mass is 167 g/mol. The van der Waals surface area contributed by atoms with Crippen LogP contribution in [0.3, 0.4) is 0 Å². The Kier molecular flexibility index (Phi) is 96.5. The molecule has 0 saturated carbocycles. The van der Waals surface area contributed by atoms with Gasteiger partial charge in [0.2, 0.25) is 0 Å².